The molecule has 0 spiro atoms. The lowest BCUT2D eigenvalue weighted by molar-refractivity contribution is 0.102. The minimum atomic E-state index is -0.241. The van der Waals surface area contributed by atoms with E-state index in [2.05, 4.69) is 15.3 Å². The molecule has 1 N–H and O–H groups in total. The second kappa shape index (κ2) is 7.83. The topological polar surface area (TPSA) is 87.5 Å². The van der Waals surface area contributed by atoms with Crippen molar-refractivity contribution in [2.24, 2.45) is 0 Å². The molecular formula is C23H18N4O4. The standard InChI is InChI=1S/C23H18N4O4/c1-15-24-21(27-10-2-3-11-27)13-22(25-15)31-18-7-5-17(6-8-18)26-23(28)16-4-9-19-20(12-16)30-14-29-19/h2-13H,14H2,1H3,(H,26,28). The summed E-state index contributed by atoms with van der Waals surface area (Å²) in [6, 6.07) is 17.8. The quantitative estimate of drug-likeness (QED) is 0.522. The van der Waals surface area contributed by atoms with Crippen molar-refractivity contribution >= 4 is 11.6 Å². The van der Waals surface area contributed by atoms with E-state index in [4.69, 9.17) is 14.2 Å². The minimum absolute atomic E-state index is 0.167. The lowest BCUT2D eigenvalue weighted by Crippen LogP contribution is -2.11. The molecule has 154 valence electrons. The van der Waals surface area contributed by atoms with Gasteiger partial charge in [0.15, 0.2) is 11.5 Å². The van der Waals surface area contributed by atoms with E-state index in [9.17, 15) is 4.79 Å². The molecule has 3 heterocycles. The molecule has 2 aromatic heterocycles. The number of nitrogens with zero attached hydrogens (tertiary/aromatic N) is 3. The highest BCUT2D eigenvalue weighted by molar-refractivity contribution is 6.04. The molecule has 8 nitrogen and oxygen atoms in total. The van der Waals surface area contributed by atoms with Crippen LogP contribution in [0.1, 0.15) is 16.2 Å². The number of carbonyl (C=O) groups excluding carboxylic acids is 1. The Morgan fingerprint density at radius 2 is 1.77 bits per heavy atom. The normalized spacial score (nSPS) is 11.9. The molecule has 1 aliphatic rings. The fraction of sp³-hybridized carbons (Fsp3) is 0.0870. The molecule has 31 heavy (non-hydrogen) atoms. The molecule has 0 atom stereocenters. The van der Waals surface area contributed by atoms with E-state index in [1.54, 1.807) is 48.5 Å². The lowest BCUT2D eigenvalue weighted by atomic mass is 10.2. The van der Waals surface area contributed by atoms with Crippen LogP contribution in [0.3, 0.4) is 0 Å². The summed E-state index contributed by atoms with van der Waals surface area (Å²) in [7, 11) is 0. The zero-order valence-electron chi connectivity index (χ0n) is 16.6. The van der Waals surface area contributed by atoms with Gasteiger partial charge < -0.3 is 24.1 Å². The molecule has 0 bridgehead atoms. The van der Waals surface area contributed by atoms with Crippen LogP contribution in [0.5, 0.6) is 23.1 Å². The van der Waals surface area contributed by atoms with Gasteiger partial charge in [-0.05, 0) is 61.5 Å². The average Bonchev–Trinajstić information content (AvgIpc) is 3.46. The van der Waals surface area contributed by atoms with Gasteiger partial charge in [0.25, 0.3) is 5.91 Å². The van der Waals surface area contributed by atoms with Crippen LogP contribution in [-0.2, 0) is 0 Å². The van der Waals surface area contributed by atoms with Crippen LogP contribution in [0.2, 0.25) is 0 Å². The maximum Gasteiger partial charge on any atom is 0.255 e. The van der Waals surface area contributed by atoms with Crippen LogP contribution in [0.15, 0.2) is 73.1 Å². The SMILES string of the molecule is Cc1nc(Oc2ccc(NC(=O)c3ccc4c(c3)OCO4)cc2)cc(-n2cccc2)n1. The Labute approximate surface area is 178 Å². The third-order valence-corrected chi connectivity index (χ3v) is 4.64. The number of amides is 1. The van der Waals surface area contributed by atoms with Crippen LogP contribution in [0, 0.1) is 6.92 Å². The Hall–Kier alpha value is -4.33. The van der Waals surface area contributed by atoms with Gasteiger partial charge in [-0.3, -0.25) is 4.79 Å². The molecule has 0 unspecified atom stereocenters. The Morgan fingerprint density at radius 1 is 1.00 bits per heavy atom. The predicted molar refractivity (Wildman–Crippen MR) is 113 cm³/mol. The van der Waals surface area contributed by atoms with E-state index in [0.29, 0.717) is 40.2 Å². The minimum Gasteiger partial charge on any atom is -0.454 e. The van der Waals surface area contributed by atoms with E-state index in [1.165, 1.54) is 0 Å². The molecular weight excluding hydrogens is 396 g/mol. The third kappa shape index (κ3) is 4.04. The number of hydrogen-bond donors (Lipinski definition) is 1. The van der Waals surface area contributed by atoms with Crippen molar-refractivity contribution in [2.75, 3.05) is 12.1 Å². The molecule has 0 radical (unpaired) electrons. The van der Waals surface area contributed by atoms with E-state index in [0.717, 1.165) is 5.82 Å². The van der Waals surface area contributed by atoms with Gasteiger partial charge in [-0.25, -0.2) is 4.98 Å². The molecule has 0 saturated carbocycles. The van der Waals surface area contributed by atoms with Gasteiger partial charge >= 0.3 is 0 Å². The van der Waals surface area contributed by atoms with Gasteiger partial charge in [0.1, 0.15) is 17.4 Å². The fourth-order valence-corrected chi connectivity index (χ4v) is 3.17. The highest BCUT2D eigenvalue weighted by Gasteiger charge is 2.16. The zero-order valence-corrected chi connectivity index (χ0v) is 16.6. The first-order chi connectivity index (χ1) is 15.1. The highest BCUT2D eigenvalue weighted by Crippen LogP contribution is 2.32. The summed E-state index contributed by atoms with van der Waals surface area (Å²) in [5.41, 5.74) is 1.13. The van der Waals surface area contributed by atoms with Crippen molar-refractivity contribution in [1.82, 2.24) is 14.5 Å². The monoisotopic (exact) mass is 414 g/mol. The largest absolute Gasteiger partial charge is 0.454 e. The number of anilines is 1. The van der Waals surface area contributed by atoms with E-state index < -0.39 is 0 Å². The van der Waals surface area contributed by atoms with Crippen molar-refractivity contribution in [1.29, 1.82) is 0 Å². The number of hydrogen-bond acceptors (Lipinski definition) is 6. The van der Waals surface area contributed by atoms with Crippen molar-refractivity contribution in [3.05, 3.63) is 84.4 Å². The summed E-state index contributed by atoms with van der Waals surface area (Å²) in [4.78, 5) is 21.3. The van der Waals surface area contributed by atoms with Gasteiger partial charge in [-0.2, -0.15) is 4.98 Å². The molecule has 5 rings (SSSR count). The van der Waals surface area contributed by atoms with Crippen LogP contribution < -0.4 is 19.5 Å². The van der Waals surface area contributed by atoms with Gasteiger partial charge in [0, 0.05) is 29.7 Å². The number of aromatic nitrogens is 3. The van der Waals surface area contributed by atoms with Crippen LogP contribution in [-0.4, -0.2) is 27.2 Å². The maximum absolute atomic E-state index is 12.5. The first-order valence-corrected chi connectivity index (χ1v) is 9.62. The number of nitrogens with one attached hydrogen (secondary N) is 1. The van der Waals surface area contributed by atoms with E-state index >= 15 is 0 Å². The summed E-state index contributed by atoms with van der Waals surface area (Å²) in [5, 5.41) is 2.86. The van der Waals surface area contributed by atoms with Gasteiger partial charge in [0.05, 0.1) is 0 Å². The van der Waals surface area contributed by atoms with Crippen molar-refractivity contribution in [2.45, 2.75) is 6.92 Å². The van der Waals surface area contributed by atoms with Crippen molar-refractivity contribution < 1.29 is 19.0 Å². The van der Waals surface area contributed by atoms with E-state index in [1.807, 2.05) is 36.0 Å². The second-order valence-corrected chi connectivity index (χ2v) is 6.85. The summed E-state index contributed by atoms with van der Waals surface area (Å²) in [6.07, 6.45) is 3.81. The molecule has 0 aliphatic carbocycles. The molecule has 0 fully saturated rings. The number of ether oxygens (including phenoxy) is 3. The smallest absolute Gasteiger partial charge is 0.255 e. The van der Waals surface area contributed by atoms with Crippen LogP contribution in [0.25, 0.3) is 5.82 Å². The fourth-order valence-electron chi connectivity index (χ4n) is 3.17. The molecule has 0 saturated heterocycles. The Balaban J connectivity index is 1.28. The molecule has 8 heteroatoms. The number of carbonyl (C=O) groups is 1. The van der Waals surface area contributed by atoms with Crippen LogP contribution >= 0.6 is 0 Å². The Kier molecular flexibility index (Phi) is 4.72. The molecule has 1 aliphatic heterocycles. The van der Waals surface area contributed by atoms with Gasteiger partial charge in [0.2, 0.25) is 12.7 Å². The summed E-state index contributed by atoms with van der Waals surface area (Å²) in [6.45, 7) is 1.98. The third-order valence-electron chi connectivity index (χ3n) is 4.64. The number of aryl methyl sites for hydroxylation is 1. The second-order valence-electron chi connectivity index (χ2n) is 6.85. The molecule has 2 aromatic carbocycles. The molecule has 1 amide bonds. The van der Waals surface area contributed by atoms with Crippen molar-refractivity contribution in [3.63, 3.8) is 0 Å². The number of benzene rings is 2. The zero-order chi connectivity index (χ0) is 21.2. The lowest BCUT2D eigenvalue weighted by Gasteiger charge is -2.10. The predicted octanol–water partition coefficient (Wildman–Crippen LogP) is 4.35. The molecule has 4 aromatic rings. The number of rotatable bonds is 5. The number of fused-ring (bicyclic) bond motifs is 1. The van der Waals surface area contributed by atoms with Gasteiger partial charge in [-0.1, -0.05) is 0 Å². The average molecular weight is 414 g/mol. The summed E-state index contributed by atoms with van der Waals surface area (Å²) >= 11 is 0. The van der Waals surface area contributed by atoms with Crippen molar-refractivity contribution in [3.8, 4) is 28.9 Å². The first-order valence-electron chi connectivity index (χ1n) is 9.62. The van der Waals surface area contributed by atoms with Gasteiger partial charge in [-0.15, -0.1) is 0 Å². The van der Waals surface area contributed by atoms with E-state index in [-0.39, 0.29) is 12.7 Å². The Bertz CT molecular complexity index is 1240. The van der Waals surface area contributed by atoms with Crippen LogP contribution in [0.4, 0.5) is 5.69 Å². The Morgan fingerprint density at radius 3 is 2.58 bits per heavy atom. The first kappa shape index (κ1) is 18.7. The maximum atomic E-state index is 12.5. The highest BCUT2D eigenvalue weighted by atomic mass is 16.7. The summed E-state index contributed by atoms with van der Waals surface area (Å²) < 4.78 is 18.4. The summed E-state index contributed by atoms with van der Waals surface area (Å²) in [5.74, 6) is 3.32.